The zero-order chi connectivity index (χ0) is 18.5. The van der Waals surface area contributed by atoms with Crippen LogP contribution in [0.1, 0.15) is 31.4 Å². The molecular weight excluding hydrogens is 325 g/mol. The molecule has 1 aromatic rings. The maximum atomic E-state index is 12.7. The minimum absolute atomic E-state index is 0.0567. The Kier molecular flexibility index (Phi) is 6.77. The maximum absolute atomic E-state index is 12.7. The number of benzene rings is 1. The molecule has 0 radical (unpaired) electrons. The molecule has 0 spiro atoms. The number of primary amides is 1. The van der Waals surface area contributed by atoms with E-state index >= 15 is 0 Å². The third-order valence-electron chi connectivity index (χ3n) is 3.35. The predicted octanol–water partition coefficient (Wildman–Crippen LogP) is 1.62. The van der Waals surface area contributed by atoms with Crippen molar-refractivity contribution in [1.82, 2.24) is 5.32 Å². The molecule has 1 aromatic carbocycles. The molecule has 0 bridgehead atoms. The molecule has 0 aliphatic carbocycles. The van der Waals surface area contributed by atoms with Crippen molar-refractivity contribution < 1.29 is 27.9 Å². The Balaban J connectivity index is 2.84. The van der Waals surface area contributed by atoms with E-state index in [9.17, 15) is 27.9 Å². The predicted molar refractivity (Wildman–Crippen MR) is 81.7 cm³/mol. The molecule has 0 saturated carbocycles. The van der Waals surface area contributed by atoms with Crippen LogP contribution in [0.5, 0.6) is 0 Å². The summed E-state index contributed by atoms with van der Waals surface area (Å²) in [5.74, 6) is -1.61. The highest BCUT2D eigenvalue weighted by atomic mass is 19.4. The first-order chi connectivity index (χ1) is 11.0. The van der Waals surface area contributed by atoms with Gasteiger partial charge in [0.2, 0.25) is 11.8 Å². The Bertz CT molecular complexity index is 588. The van der Waals surface area contributed by atoms with E-state index in [4.69, 9.17) is 5.73 Å². The van der Waals surface area contributed by atoms with Gasteiger partial charge in [0.1, 0.15) is 12.1 Å². The quantitative estimate of drug-likeness (QED) is 0.700. The summed E-state index contributed by atoms with van der Waals surface area (Å²) in [6.45, 7) is 3.62. The summed E-state index contributed by atoms with van der Waals surface area (Å²) in [4.78, 5) is 23.3. The van der Waals surface area contributed by atoms with Gasteiger partial charge in [0, 0.05) is 6.42 Å². The number of carbonyl (C=O) groups excluding carboxylic acids is 2. The van der Waals surface area contributed by atoms with E-state index in [0.717, 1.165) is 12.1 Å². The Morgan fingerprint density at radius 3 is 2.42 bits per heavy atom. The largest absolute Gasteiger partial charge is 0.416 e. The number of hydrogen-bond acceptors (Lipinski definition) is 3. The molecule has 4 N–H and O–H groups in total. The van der Waals surface area contributed by atoms with Crippen molar-refractivity contribution in [2.24, 2.45) is 11.7 Å². The summed E-state index contributed by atoms with van der Waals surface area (Å²) in [5.41, 5.74) is 4.55. The van der Waals surface area contributed by atoms with E-state index in [2.05, 4.69) is 5.32 Å². The van der Waals surface area contributed by atoms with Gasteiger partial charge in [-0.05, 0) is 24.0 Å². The van der Waals surface area contributed by atoms with Crippen LogP contribution in [0.25, 0.3) is 0 Å². The van der Waals surface area contributed by atoms with Crippen LogP contribution >= 0.6 is 0 Å². The molecule has 5 nitrogen and oxygen atoms in total. The minimum atomic E-state index is -4.51. The molecular formula is C16H21F3N2O3. The number of hydrogen-bond donors (Lipinski definition) is 3. The number of nitrogens with one attached hydrogen (secondary N) is 1. The van der Waals surface area contributed by atoms with Gasteiger partial charge in [-0.2, -0.15) is 13.2 Å². The van der Waals surface area contributed by atoms with Crippen LogP contribution in [0.3, 0.4) is 0 Å². The second kappa shape index (κ2) is 8.14. The Hall–Kier alpha value is -2.09. The molecule has 0 aliphatic rings. The van der Waals surface area contributed by atoms with Crippen molar-refractivity contribution in [2.45, 2.75) is 45.0 Å². The second-order valence-electron chi connectivity index (χ2n) is 6.01. The normalized spacial score (nSPS) is 14.3. The molecule has 24 heavy (non-hydrogen) atoms. The lowest BCUT2D eigenvalue weighted by molar-refractivity contribution is -0.137. The number of aliphatic hydroxyl groups excluding tert-OH is 1. The smallest absolute Gasteiger partial charge is 0.383 e. The fraction of sp³-hybridized carbons (Fsp3) is 0.500. The lowest BCUT2D eigenvalue weighted by Crippen LogP contribution is -2.49. The topological polar surface area (TPSA) is 92.4 Å². The molecule has 2 amide bonds. The van der Waals surface area contributed by atoms with E-state index in [0.29, 0.717) is 0 Å². The van der Waals surface area contributed by atoms with Gasteiger partial charge in [-0.1, -0.05) is 32.0 Å². The van der Waals surface area contributed by atoms with Crippen molar-refractivity contribution >= 4 is 11.8 Å². The molecule has 0 aliphatic heterocycles. The van der Waals surface area contributed by atoms with Crippen molar-refractivity contribution in [3.8, 4) is 0 Å². The van der Waals surface area contributed by atoms with Crippen molar-refractivity contribution in [3.05, 3.63) is 35.4 Å². The number of halogens is 3. The first kappa shape index (κ1) is 20.0. The number of rotatable bonds is 7. The summed E-state index contributed by atoms with van der Waals surface area (Å²) in [7, 11) is 0. The highest BCUT2D eigenvalue weighted by Gasteiger charge is 2.31. The van der Waals surface area contributed by atoms with Crippen LogP contribution in [0, 0.1) is 5.92 Å². The third-order valence-corrected chi connectivity index (χ3v) is 3.35. The molecule has 1 rings (SSSR count). The van der Waals surface area contributed by atoms with Crippen molar-refractivity contribution in [2.75, 3.05) is 0 Å². The summed E-state index contributed by atoms with van der Waals surface area (Å²) < 4.78 is 38.1. The maximum Gasteiger partial charge on any atom is 0.416 e. The summed E-state index contributed by atoms with van der Waals surface area (Å²) in [6.07, 6.45) is -5.82. The van der Waals surface area contributed by atoms with E-state index in [1.54, 1.807) is 0 Å². The van der Waals surface area contributed by atoms with Gasteiger partial charge >= 0.3 is 6.18 Å². The van der Waals surface area contributed by atoms with E-state index in [1.165, 1.54) is 12.1 Å². The first-order valence-corrected chi connectivity index (χ1v) is 7.44. The van der Waals surface area contributed by atoms with E-state index < -0.39 is 35.7 Å². The van der Waals surface area contributed by atoms with Crippen LogP contribution in [-0.2, 0) is 22.2 Å². The minimum Gasteiger partial charge on any atom is -0.383 e. The number of amides is 2. The summed E-state index contributed by atoms with van der Waals surface area (Å²) in [5, 5.41) is 12.0. The van der Waals surface area contributed by atoms with Crippen molar-refractivity contribution in [3.63, 3.8) is 0 Å². The van der Waals surface area contributed by atoms with E-state index in [1.807, 2.05) is 13.8 Å². The second-order valence-corrected chi connectivity index (χ2v) is 6.01. The summed E-state index contributed by atoms with van der Waals surface area (Å²) in [6, 6.07) is 3.22. The number of carbonyl (C=O) groups is 2. The molecule has 8 heteroatoms. The Morgan fingerprint density at radius 1 is 1.29 bits per heavy atom. The molecule has 0 heterocycles. The van der Waals surface area contributed by atoms with Gasteiger partial charge in [0.15, 0.2) is 0 Å². The highest BCUT2D eigenvalue weighted by Crippen LogP contribution is 2.29. The zero-order valence-electron chi connectivity index (χ0n) is 13.4. The SMILES string of the molecule is CC(C)C[C@@H](O)C(=O)N[C@H](Cc1cccc(C(F)(F)F)c1)C(N)=O. The van der Waals surface area contributed by atoms with Crippen molar-refractivity contribution in [1.29, 1.82) is 0 Å². The number of nitrogens with two attached hydrogens (primary N) is 1. The average Bonchev–Trinajstić information content (AvgIpc) is 2.45. The highest BCUT2D eigenvalue weighted by molar-refractivity contribution is 5.88. The third kappa shape index (κ3) is 6.19. The van der Waals surface area contributed by atoms with Gasteiger partial charge in [-0.25, -0.2) is 0 Å². The van der Waals surface area contributed by atoms with Gasteiger partial charge in [0.25, 0.3) is 0 Å². The standard InChI is InChI=1S/C16H21F3N2O3/c1-9(2)6-13(22)15(24)21-12(14(20)23)8-10-4-3-5-11(7-10)16(17,18)19/h3-5,7,9,12-13,22H,6,8H2,1-2H3,(H2,20,23)(H,21,24)/t12-,13-/m1/s1. The Labute approximate surface area is 138 Å². The number of alkyl halides is 3. The van der Waals surface area contributed by atoms with Crippen LogP contribution in [0.2, 0.25) is 0 Å². The molecule has 2 atom stereocenters. The van der Waals surface area contributed by atoms with Crippen LogP contribution in [0.15, 0.2) is 24.3 Å². The fourth-order valence-electron chi connectivity index (χ4n) is 2.15. The van der Waals surface area contributed by atoms with Gasteiger partial charge in [-0.3, -0.25) is 9.59 Å². The molecule has 0 unspecified atom stereocenters. The zero-order valence-corrected chi connectivity index (χ0v) is 13.4. The van der Waals surface area contributed by atoms with Crippen LogP contribution in [0.4, 0.5) is 13.2 Å². The van der Waals surface area contributed by atoms with Gasteiger partial charge in [-0.15, -0.1) is 0 Å². The number of aliphatic hydroxyl groups is 1. The van der Waals surface area contributed by atoms with Gasteiger partial charge < -0.3 is 16.2 Å². The lowest BCUT2D eigenvalue weighted by atomic mass is 10.0. The first-order valence-electron chi connectivity index (χ1n) is 7.44. The van der Waals surface area contributed by atoms with Crippen LogP contribution in [-0.4, -0.2) is 29.1 Å². The average molecular weight is 346 g/mol. The van der Waals surface area contributed by atoms with Gasteiger partial charge in [0.05, 0.1) is 5.56 Å². The molecule has 0 saturated heterocycles. The fourth-order valence-corrected chi connectivity index (χ4v) is 2.15. The summed E-state index contributed by atoms with van der Waals surface area (Å²) >= 11 is 0. The molecule has 0 fully saturated rings. The Morgan fingerprint density at radius 2 is 1.92 bits per heavy atom. The monoisotopic (exact) mass is 346 g/mol. The lowest BCUT2D eigenvalue weighted by Gasteiger charge is -2.19. The van der Waals surface area contributed by atoms with Crippen LogP contribution < -0.4 is 11.1 Å². The van der Waals surface area contributed by atoms with E-state index in [-0.39, 0.29) is 24.3 Å². The molecule has 134 valence electrons. The molecule has 0 aromatic heterocycles.